The number of hydrogen-bond acceptors (Lipinski definition) is 4. The van der Waals surface area contributed by atoms with Crippen LogP contribution in [-0.2, 0) is 0 Å². The van der Waals surface area contributed by atoms with Gasteiger partial charge in [-0.25, -0.2) is 4.98 Å². The molecule has 5 heteroatoms. The SMILES string of the molecule is COc1ccc(-c2c(OC)nc3cc(Cl)ccc3c2N)cc1. The first-order chi connectivity index (χ1) is 10.6. The molecule has 0 amide bonds. The Morgan fingerprint density at radius 1 is 1.00 bits per heavy atom. The molecule has 0 aliphatic carbocycles. The molecule has 0 aliphatic rings. The highest BCUT2D eigenvalue weighted by atomic mass is 35.5. The molecule has 22 heavy (non-hydrogen) atoms. The van der Waals surface area contributed by atoms with E-state index in [0.29, 0.717) is 22.1 Å². The fourth-order valence-corrected chi connectivity index (χ4v) is 2.59. The smallest absolute Gasteiger partial charge is 0.223 e. The van der Waals surface area contributed by atoms with Crippen molar-refractivity contribution in [1.29, 1.82) is 0 Å². The molecule has 0 spiro atoms. The molecule has 0 atom stereocenters. The Kier molecular flexibility index (Phi) is 3.77. The highest BCUT2D eigenvalue weighted by molar-refractivity contribution is 6.31. The van der Waals surface area contributed by atoms with Crippen LogP contribution in [0.4, 0.5) is 5.69 Å². The molecule has 2 aromatic carbocycles. The van der Waals surface area contributed by atoms with Crippen molar-refractivity contribution in [2.24, 2.45) is 0 Å². The van der Waals surface area contributed by atoms with Gasteiger partial charge in [0, 0.05) is 10.4 Å². The number of nitrogens with two attached hydrogens (primary N) is 1. The van der Waals surface area contributed by atoms with Crippen LogP contribution < -0.4 is 15.2 Å². The van der Waals surface area contributed by atoms with E-state index in [-0.39, 0.29) is 0 Å². The first-order valence-corrected chi connectivity index (χ1v) is 7.09. The van der Waals surface area contributed by atoms with Crippen LogP contribution in [0.5, 0.6) is 11.6 Å². The quantitative estimate of drug-likeness (QED) is 0.789. The average Bonchev–Trinajstić information content (AvgIpc) is 2.54. The maximum absolute atomic E-state index is 6.35. The monoisotopic (exact) mass is 314 g/mol. The molecule has 0 bridgehead atoms. The van der Waals surface area contributed by atoms with Gasteiger partial charge in [-0.3, -0.25) is 0 Å². The van der Waals surface area contributed by atoms with Crippen LogP contribution in [0.1, 0.15) is 0 Å². The zero-order valence-electron chi connectivity index (χ0n) is 12.3. The van der Waals surface area contributed by atoms with Gasteiger partial charge in [-0.2, -0.15) is 0 Å². The van der Waals surface area contributed by atoms with Crippen molar-refractivity contribution in [3.05, 3.63) is 47.5 Å². The lowest BCUT2D eigenvalue weighted by Gasteiger charge is -2.14. The number of ether oxygens (including phenoxy) is 2. The summed E-state index contributed by atoms with van der Waals surface area (Å²) in [5, 5.41) is 1.45. The topological polar surface area (TPSA) is 57.4 Å². The van der Waals surface area contributed by atoms with Crippen molar-refractivity contribution in [2.75, 3.05) is 20.0 Å². The number of fused-ring (bicyclic) bond motifs is 1. The van der Waals surface area contributed by atoms with Crippen LogP contribution in [0.2, 0.25) is 5.02 Å². The lowest BCUT2D eigenvalue weighted by Crippen LogP contribution is -1.99. The number of nitrogen functional groups attached to an aromatic ring is 1. The number of benzene rings is 2. The Morgan fingerprint density at radius 2 is 1.73 bits per heavy atom. The van der Waals surface area contributed by atoms with Gasteiger partial charge >= 0.3 is 0 Å². The first kappa shape index (κ1) is 14.5. The van der Waals surface area contributed by atoms with E-state index < -0.39 is 0 Å². The van der Waals surface area contributed by atoms with Crippen LogP contribution >= 0.6 is 11.6 Å². The molecule has 4 nitrogen and oxygen atoms in total. The Bertz CT molecular complexity index is 832. The number of halogens is 1. The van der Waals surface area contributed by atoms with Gasteiger partial charge in [0.2, 0.25) is 5.88 Å². The van der Waals surface area contributed by atoms with Gasteiger partial charge in [0.25, 0.3) is 0 Å². The molecule has 0 saturated carbocycles. The number of hydrogen-bond donors (Lipinski definition) is 1. The minimum absolute atomic E-state index is 0.470. The van der Waals surface area contributed by atoms with Crippen LogP contribution in [0.25, 0.3) is 22.0 Å². The van der Waals surface area contributed by atoms with Gasteiger partial charge in [0.15, 0.2) is 0 Å². The lowest BCUT2D eigenvalue weighted by molar-refractivity contribution is 0.401. The summed E-state index contributed by atoms with van der Waals surface area (Å²) in [4.78, 5) is 4.52. The second-order valence-electron chi connectivity index (χ2n) is 4.80. The molecule has 3 rings (SSSR count). The molecule has 1 heterocycles. The van der Waals surface area contributed by atoms with E-state index in [1.54, 1.807) is 26.4 Å². The van der Waals surface area contributed by atoms with Gasteiger partial charge < -0.3 is 15.2 Å². The van der Waals surface area contributed by atoms with E-state index in [1.165, 1.54) is 0 Å². The Balaban J connectivity index is 2.26. The van der Waals surface area contributed by atoms with Gasteiger partial charge in [0.1, 0.15) is 5.75 Å². The Morgan fingerprint density at radius 3 is 2.36 bits per heavy atom. The summed E-state index contributed by atoms with van der Waals surface area (Å²) in [7, 11) is 3.20. The molecule has 0 aliphatic heterocycles. The van der Waals surface area contributed by atoms with Crippen molar-refractivity contribution >= 4 is 28.2 Å². The normalized spacial score (nSPS) is 10.7. The molecule has 0 radical (unpaired) electrons. The standard InChI is InChI=1S/C17H15ClN2O2/c1-21-12-6-3-10(4-7-12)15-16(19)13-8-5-11(18)9-14(13)20-17(15)22-2/h3-9H,1-2H3,(H2,19,20). The molecule has 1 aromatic heterocycles. The number of anilines is 1. The van der Waals surface area contributed by atoms with Gasteiger partial charge in [0.05, 0.1) is 31.0 Å². The zero-order valence-corrected chi connectivity index (χ0v) is 13.0. The van der Waals surface area contributed by atoms with Crippen LogP contribution in [0.3, 0.4) is 0 Å². The number of pyridine rings is 1. The maximum atomic E-state index is 6.35. The second-order valence-corrected chi connectivity index (χ2v) is 5.24. The fourth-order valence-electron chi connectivity index (χ4n) is 2.42. The molecule has 2 N–H and O–H groups in total. The molecule has 0 fully saturated rings. The van der Waals surface area contributed by atoms with Crippen LogP contribution in [0, 0.1) is 0 Å². The molecular formula is C17H15ClN2O2. The van der Waals surface area contributed by atoms with Crippen molar-refractivity contribution in [3.8, 4) is 22.8 Å². The molecule has 0 saturated heterocycles. The van der Waals surface area contributed by atoms with Gasteiger partial charge in [-0.05, 0) is 35.9 Å². The summed E-state index contributed by atoms with van der Waals surface area (Å²) in [6.07, 6.45) is 0. The van der Waals surface area contributed by atoms with E-state index in [1.807, 2.05) is 30.3 Å². The Hall–Kier alpha value is -2.46. The first-order valence-electron chi connectivity index (χ1n) is 6.71. The second kappa shape index (κ2) is 5.73. The van der Waals surface area contributed by atoms with Crippen molar-refractivity contribution in [2.45, 2.75) is 0 Å². The molecular weight excluding hydrogens is 300 g/mol. The third-order valence-corrected chi connectivity index (χ3v) is 3.76. The number of methoxy groups -OCH3 is 2. The largest absolute Gasteiger partial charge is 0.497 e. The van der Waals surface area contributed by atoms with Crippen LogP contribution in [0.15, 0.2) is 42.5 Å². The fraction of sp³-hybridized carbons (Fsp3) is 0.118. The van der Waals surface area contributed by atoms with E-state index in [4.69, 9.17) is 26.8 Å². The van der Waals surface area contributed by atoms with Crippen LogP contribution in [-0.4, -0.2) is 19.2 Å². The summed E-state index contributed by atoms with van der Waals surface area (Å²) in [6.45, 7) is 0. The summed E-state index contributed by atoms with van der Waals surface area (Å²) in [6, 6.07) is 13.0. The predicted octanol–water partition coefficient (Wildman–Crippen LogP) is 4.15. The van der Waals surface area contributed by atoms with Gasteiger partial charge in [-0.15, -0.1) is 0 Å². The number of nitrogens with zero attached hydrogens (tertiary/aromatic N) is 1. The van der Waals surface area contributed by atoms with Crippen molar-refractivity contribution < 1.29 is 9.47 Å². The Labute approximate surface area is 133 Å². The molecule has 0 unspecified atom stereocenters. The van der Waals surface area contributed by atoms with Crippen molar-refractivity contribution in [3.63, 3.8) is 0 Å². The summed E-state index contributed by atoms with van der Waals surface area (Å²) in [5.74, 6) is 1.25. The lowest BCUT2D eigenvalue weighted by atomic mass is 10.0. The molecule has 3 aromatic rings. The third-order valence-electron chi connectivity index (χ3n) is 3.53. The summed E-state index contributed by atoms with van der Waals surface area (Å²) >= 11 is 6.02. The predicted molar refractivity (Wildman–Crippen MR) is 89.7 cm³/mol. The third kappa shape index (κ3) is 2.42. The number of aromatic nitrogens is 1. The van der Waals surface area contributed by atoms with E-state index in [0.717, 1.165) is 22.3 Å². The minimum Gasteiger partial charge on any atom is -0.497 e. The summed E-state index contributed by atoms with van der Waals surface area (Å²) in [5.41, 5.74) is 9.36. The maximum Gasteiger partial charge on any atom is 0.223 e. The van der Waals surface area contributed by atoms with E-state index >= 15 is 0 Å². The highest BCUT2D eigenvalue weighted by Gasteiger charge is 2.15. The highest BCUT2D eigenvalue weighted by Crippen LogP contribution is 2.39. The van der Waals surface area contributed by atoms with E-state index in [2.05, 4.69) is 4.98 Å². The van der Waals surface area contributed by atoms with Crippen molar-refractivity contribution in [1.82, 2.24) is 4.98 Å². The van der Waals surface area contributed by atoms with E-state index in [9.17, 15) is 0 Å². The molecule has 112 valence electrons. The zero-order chi connectivity index (χ0) is 15.7. The summed E-state index contributed by atoms with van der Waals surface area (Å²) < 4.78 is 10.6. The van der Waals surface area contributed by atoms with Gasteiger partial charge in [-0.1, -0.05) is 23.7 Å². The minimum atomic E-state index is 0.470. The average molecular weight is 315 g/mol. The number of rotatable bonds is 3.